The summed E-state index contributed by atoms with van der Waals surface area (Å²) in [5, 5.41) is 8.27. The van der Waals surface area contributed by atoms with Crippen molar-refractivity contribution in [2.45, 2.75) is 51.3 Å². The maximum absolute atomic E-state index is 13.8. The van der Waals surface area contributed by atoms with Crippen molar-refractivity contribution in [1.29, 1.82) is 0 Å². The highest BCUT2D eigenvalue weighted by Gasteiger charge is 2.33. The van der Waals surface area contributed by atoms with Crippen LogP contribution in [-0.4, -0.2) is 30.4 Å². The average Bonchev–Trinajstić information content (AvgIpc) is 2.54. The smallest absolute Gasteiger partial charge is 0.403 e. The molecule has 2 amide bonds. The number of benzene rings is 1. The summed E-state index contributed by atoms with van der Waals surface area (Å²) < 4.78 is 53.8. The van der Waals surface area contributed by atoms with Crippen LogP contribution < -0.4 is 20.7 Å². The molecule has 26 heavy (non-hydrogen) atoms. The molecule has 1 aliphatic heterocycles. The van der Waals surface area contributed by atoms with Crippen molar-refractivity contribution in [3.8, 4) is 5.75 Å². The number of amides is 2. The van der Waals surface area contributed by atoms with Gasteiger partial charge in [0.05, 0.1) is 24.7 Å². The molecule has 0 aliphatic carbocycles. The minimum Gasteiger partial charge on any atom is -0.403 e. The molecule has 1 saturated heterocycles. The van der Waals surface area contributed by atoms with Gasteiger partial charge in [0.25, 0.3) is 0 Å². The molecule has 0 spiro atoms. The molecule has 6 nitrogen and oxygen atoms in total. The van der Waals surface area contributed by atoms with Crippen LogP contribution in [-0.2, 0) is 9.59 Å². The number of nitrogens with one attached hydrogen (secondary N) is 3. The van der Waals surface area contributed by atoms with Crippen molar-refractivity contribution in [3.63, 3.8) is 0 Å². The fourth-order valence-corrected chi connectivity index (χ4v) is 2.56. The Bertz CT molecular complexity index is 681. The van der Waals surface area contributed by atoms with Gasteiger partial charge in [0.15, 0.2) is 11.6 Å². The minimum absolute atomic E-state index is 0.0399. The number of hydrogen-bond donors (Lipinski definition) is 3. The Kier molecular flexibility index (Phi) is 6.06. The summed E-state index contributed by atoms with van der Waals surface area (Å²) >= 11 is 0. The molecule has 0 bridgehead atoms. The van der Waals surface area contributed by atoms with E-state index in [2.05, 4.69) is 20.7 Å². The molecule has 2 rings (SSSR count). The number of carbonyl (C=O) groups is 2. The van der Waals surface area contributed by atoms with Crippen LogP contribution in [0.3, 0.4) is 0 Å². The quantitative estimate of drug-likeness (QED) is 0.687. The number of halogens is 4. The molecule has 0 aromatic heterocycles. The molecule has 1 heterocycles. The highest BCUT2D eigenvalue weighted by Crippen LogP contribution is 2.27. The number of alkyl halides is 3. The van der Waals surface area contributed by atoms with Crippen LogP contribution in [0.25, 0.3) is 0 Å². The van der Waals surface area contributed by atoms with Crippen molar-refractivity contribution in [2.24, 2.45) is 0 Å². The predicted octanol–water partition coefficient (Wildman–Crippen LogP) is 2.12. The third kappa shape index (κ3) is 5.32. The Labute approximate surface area is 147 Å². The second-order valence-corrected chi connectivity index (χ2v) is 5.92. The molecule has 0 saturated carbocycles. The highest BCUT2D eigenvalue weighted by atomic mass is 19.4. The van der Waals surface area contributed by atoms with E-state index in [1.165, 1.54) is 6.07 Å². The lowest BCUT2D eigenvalue weighted by Crippen LogP contribution is -2.60. The van der Waals surface area contributed by atoms with Gasteiger partial charge in [-0.05, 0) is 31.0 Å². The van der Waals surface area contributed by atoms with Crippen molar-refractivity contribution in [3.05, 3.63) is 29.6 Å². The van der Waals surface area contributed by atoms with Crippen LogP contribution in [0.5, 0.6) is 5.75 Å². The van der Waals surface area contributed by atoms with Gasteiger partial charge in [0, 0.05) is 0 Å². The van der Waals surface area contributed by atoms with Crippen molar-refractivity contribution in [1.82, 2.24) is 16.0 Å². The van der Waals surface area contributed by atoms with Crippen LogP contribution in [0.4, 0.5) is 17.6 Å². The lowest BCUT2D eigenvalue weighted by Gasteiger charge is -2.31. The maximum atomic E-state index is 13.8. The van der Waals surface area contributed by atoms with Gasteiger partial charge in [-0.3, -0.25) is 14.9 Å². The number of hydrogen-bond acceptors (Lipinski definition) is 4. The zero-order valence-corrected chi connectivity index (χ0v) is 14.1. The average molecular weight is 377 g/mol. The molecule has 1 aromatic carbocycles. The van der Waals surface area contributed by atoms with E-state index in [4.69, 9.17) is 0 Å². The molecule has 10 heteroatoms. The van der Waals surface area contributed by atoms with Gasteiger partial charge < -0.3 is 15.4 Å². The lowest BCUT2D eigenvalue weighted by molar-refractivity contribution is -0.275. The third-order valence-corrected chi connectivity index (χ3v) is 3.89. The fourth-order valence-electron chi connectivity index (χ4n) is 2.56. The zero-order chi connectivity index (χ0) is 19.5. The highest BCUT2D eigenvalue weighted by molar-refractivity contribution is 5.89. The minimum atomic E-state index is -4.99. The second-order valence-electron chi connectivity index (χ2n) is 5.92. The van der Waals surface area contributed by atoms with E-state index in [9.17, 15) is 27.2 Å². The Morgan fingerprint density at radius 2 is 2.12 bits per heavy atom. The molecule has 3 N–H and O–H groups in total. The van der Waals surface area contributed by atoms with Gasteiger partial charge in [0.2, 0.25) is 11.8 Å². The van der Waals surface area contributed by atoms with Gasteiger partial charge >= 0.3 is 6.36 Å². The number of ether oxygens (including phenoxy) is 1. The molecule has 1 aliphatic rings. The van der Waals surface area contributed by atoms with E-state index in [0.717, 1.165) is 12.1 Å². The van der Waals surface area contributed by atoms with Gasteiger partial charge in [0.1, 0.15) is 0 Å². The Balaban J connectivity index is 2.02. The van der Waals surface area contributed by atoms with E-state index in [1.807, 2.05) is 6.92 Å². The number of rotatable bonds is 5. The van der Waals surface area contributed by atoms with Crippen LogP contribution in [0, 0.1) is 5.82 Å². The summed E-state index contributed by atoms with van der Waals surface area (Å²) in [5.74, 6) is -2.86. The summed E-state index contributed by atoms with van der Waals surface area (Å²) in [6.07, 6.45) is -4.76. The molecular formula is C16H19F4N3O3. The maximum Gasteiger partial charge on any atom is 0.573 e. The molecule has 0 radical (unpaired) electrons. The van der Waals surface area contributed by atoms with Crippen molar-refractivity contribution >= 4 is 11.8 Å². The summed E-state index contributed by atoms with van der Waals surface area (Å²) in [6, 6.07) is 1.52. The normalized spacial score (nSPS) is 21.7. The zero-order valence-electron chi connectivity index (χ0n) is 14.1. The molecule has 2 unspecified atom stereocenters. The van der Waals surface area contributed by atoms with Crippen molar-refractivity contribution in [2.75, 3.05) is 0 Å². The summed E-state index contributed by atoms with van der Waals surface area (Å²) in [6.45, 7) is 3.39. The first-order chi connectivity index (χ1) is 12.1. The van der Waals surface area contributed by atoms with Crippen LogP contribution in [0.1, 0.15) is 38.3 Å². The monoisotopic (exact) mass is 377 g/mol. The lowest BCUT2D eigenvalue weighted by atomic mass is 10.1. The molecular weight excluding hydrogens is 358 g/mol. The first-order valence-corrected chi connectivity index (χ1v) is 8.00. The summed E-state index contributed by atoms with van der Waals surface area (Å²) in [4.78, 5) is 23.9. The third-order valence-electron chi connectivity index (χ3n) is 3.89. The predicted molar refractivity (Wildman–Crippen MR) is 83.4 cm³/mol. The molecule has 1 aromatic rings. The Hall–Kier alpha value is -2.36. The largest absolute Gasteiger partial charge is 0.573 e. The standard InChI is InChI=1S/C16H19F4N3O3/c1-3-13-22-11(7-14(24)23-13)15(25)21-8(2)9-4-5-12(10(17)6-9)26-16(18,19)20/h4-6,8,11,13,22H,3,7H2,1-2H3,(H,21,25)(H,23,24)/t8-,11?,13?/m1/s1. The van der Waals surface area contributed by atoms with E-state index in [-0.39, 0.29) is 24.1 Å². The van der Waals surface area contributed by atoms with E-state index in [1.54, 1.807) is 6.92 Å². The van der Waals surface area contributed by atoms with Gasteiger partial charge in [-0.15, -0.1) is 13.2 Å². The van der Waals surface area contributed by atoms with Crippen LogP contribution >= 0.6 is 0 Å². The SMILES string of the molecule is CCC1NC(=O)CC(C(=O)N[C@H](C)c2ccc(OC(F)(F)F)c(F)c2)N1. The Morgan fingerprint density at radius 1 is 1.42 bits per heavy atom. The van der Waals surface area contributed by atoms with Crippen molar-refractivity contribution < 1.29 is 31.9 Å². The summed E-state index contributed by atoms with van der Waals surface area (Å²) in [5.41, 5.74) is 0.262. The fraction of sp³-hybridized carbons (Fsp3) is 0.500. The first-order valence-electron chi connectivity index (χ1n) is 8.00. The second kappa shape index (κ2) is 7.90. The van der Waals surface area contributed by atoms with Gasteiger partial charge in [-0.1, -0.05) is 13.0 Å². The summed E-state index contributed by atoms with van der Waals surface area (Å²) in [7, 11) is 0. The molecule has 144 valence electrons. The molecule has 3 atom stereocenters. The van der Waals surface area contributed by atoms with E-state index >= 15 is 0 Å². The topological polar surface area (TPSA) is 79.5 Å². The Morgan fingerprint density at radius 3 is 2.69 bits per heavy atom. The van der Waals surface area contributed by atoms with E-state index < -0.39 is 35.9 Å². The van der Waals surface area contributed by atoms with Crippen LogP contribution in [0.15, 0.2) is 18.2 Å². The number of carbonyl (C=O) groups excluding carboxylic acids is 2. The van der Waals surface area contributed by atoms with Crippen LogP contribution in [0.2, 0.25) is 0 Å². The first kappa shape index (κ1) is 20.0. The molecule has 1 fully saturated rings. The van der Waals surface area contributed by atoms with Gasteiger partial charge in [-0.25, -0.2) is 4.39 Å². The van der Waals surface area contributed by atoms with Gasteiger partial charge in [-0.2, -0.15) is 0 Å². The van der Waals surface area contributed by atoms with E-state index in [0.29, 0.717) is 6.42 Å².